The molecule has 5 heteroatoms. The zero-order valence-electron chi connectivity index (χ0n) is 2.83. The molecule has 6 heavy (non-hydrogen) atoms. The highest BCUT2D eigenvalue weighted by atomic mass is 35.5. The first kappa shape index (κ1) is 16.2. The van der Waals surface area contributed by atoms with E-state index < -0.39 is 0 Å². The van der Waals surface area contributed by atoms with Crippen LogP contribution < -0.4 is 12.3 Å². The molecule has 0 aliphatic rings. The van der Waals surface area contributed by atoms with Crippen molar-refractivity contribution in [1.29, 1.82) is 0 Å². The van der Waals surface area contributed by atoms with E-state index in [-0.39, 0.29) is 26.4 Å². The van der Waals surface area contributed by atoms with Gasteiger partial charge in [-0.05, 0) is 0 Å². The molecular weight excluding hydrogens is 122 g/mol. The normalized spacial score (nSPS) is 5.50. The minimum atomic E-state index is 0. The molecule has 0 saturated heterocycles. The van der Waals surface area contributed by atoms with Gasteiger partial charge in [0.25, 0.3) is 0 Å². The quantitative estimate of drug-likeness (QED) is 0.371. The molecule has 0 saturated carbocycles. The van der Waals surface area contributed by atoms with Crippen molar-refractivity contribution in [3.63, 3.8) is 0 Å². The average Bonchev–Trinajstić information content (AvgIpc) is 1.37. The molecule has 0 aliphatic carbocycles. The molecule has 34 valence electrons. The van der Waals surface area contributed by atoms with Crippen molar-refractivity contribution in [2.24, 2.45) is 0 Å². The fourth-order valence-electron chi connectivity index (χ4n) is 0. The molecule has 0 aromatic carbocycles. The Morgan fingerprint density at radius 1 is 1.50 bits per heavy atom. The Labute approximate surface area is 43.4 Å². The summed E-state index contributed by atoms with van der Waals surface area (Å²) in [6.07, 6.45) is 0. The summed E-state index contributed by atoms with van der Waals surface area (Å²) in [5.74, 6) is 0. The van der Waals surface area contributed by atoms with Crippen LogP contribution in [-0.2, 0) is 4.57 Å². The molecule has 3 nitrogen and oxygen atoms in total. The highest BCUT2D eigenvalue weighted by Gasteiger charge is 1.58. The van der Waals surface area contributed by atoms with E-state index in [0.29, 0.717) is 0 Å². The lowest BCUT2D eigenvalue weighted by atomic mass is 11.9. The third-order valence-corrected chi connectivity index (χ3v) is 0.439. The van der Waals surface area contributed by atoms with Gasteiger partial charge in [0.15, 0.2) is 8.46 Å². The molecule has 0 amide bonds. The summed E-state index contributed by atoms with van der Waals surface area (Å²) in [5, 5.41) is 0. The topological polar surface area (TPSA) is 78.1 Å². The van der Waals surface area contributed by atoms with Crippen molar-refractivity contribution < 1.29 is 4.57 Å². The number of rotatable bonds is 1. The van der Waals surface area contributed by atoms with Crippen LogP contribution in [0, 0.1) is 0 Å². The van der Waals surface area contributed by atoms with Gasteiger partial charge in [-0.1, -0.05) is 0 Å². The second-order valence-electron chi connectivity index (χ2n) is 0.249. The molecule has 0 bridgehead atoms. The number of hydrogen-bond donors (Lipinski definition) is 0. The molecule has 0 atom stereocenters. The highest BCUT2D eigenvalue weighted by Crippen LogP contribution is 1.90. The van der Waals surface area contributed by atoms with E-state index in [1.165, 1.54) is 0 Å². The first-order chi connectivity index (χ1) is 1.91. The highest BCUT2D eigenvalue weighted by molar-refractivity contribution is 7.26. The minimum absolute atomic E-state index is 0. The van der Waals surface area contributed by atoms with E-state index in [1.54, 1.807) is 0 Å². The molecule has 0 aromatic rings. The van der Waals surface area contributed by atoms with Gasteiger partial charge in [0.2, 0.25) is 0 Å². The summed E-state index contributed by atoms with van der Waals surface area (Å²) in [5.41, 5.74) is 0.208. The monoisotopic (exact) mass is 124 g/mol. The number of hydrogen-bond acceptors (Lipinski definition) is 1. The first-order valence-corrected chi connectivity index (χ1v) is 2.30. The molecule has 0 fully saturated rings. The minimum Gasteiger partial charge on any atom is -0.274 e. The van der Waals surface area contributed by atoms with Crippen molar-refractivity contribution >= 4 is 20.1 Å². The standard InChI is InChI=1S/CH2ClOP.2N/c2-1-4-3;;/h1H2;;. The zero-order chi connectivity index (χ0) is 3.41. The van der Waals surface area contributed by atoms with Crippen molar-refractivity contribution in [2.75, 3.05) is 5.62 Å². The fraction of sp³-hybridized carbons (Fsp3) is 1.00. The van der Waals surface area contributed by atoms with Gasteiger partial charge in [0.05, 0.1) is 0 Å². The predicted molar refractivity (Wildman–Crippen MR) is 22.6 cm³/mol. The Balaban J connectivity index is -0.0000000450. The largest absolute Gasteiger partial charge is 0.274 e. The van der Waals surface area contributed by atoms with Gasteiger partial charge in [-0.3, -0.25) is 4.57 Å². The van der Waals surface area contributed by atoms with Crippen LogP contribution in [0.5, 0.6) is 0 Å². The fourth-order valence-corrected chi connectivity index (χ4v) is 0. The van der Waals surface area contributed by atoms with E-state index in [0.717, 1.165) is 0 Å². The van der Waals surface area contributed by atoms with Crippen LogP contribution in [0.3, 0.4) is 0 Å². The lowest BCUT2D eigenvalue weighted by Crippen LogP contribution is -1.29. The summed E-state index contributed by atoms with van der Waals surface area (Å²) in [6.45, 7) is 0. The van der Waals surface area contributed by atoms with Gasteiger partial charge >= 0.3 is 0 Å². The molecule has 6 radical (unpaired) electrons. The number of alkyl halides is 1. The van der Waals surface area contributed by atoms with Crippen LogP contribution in [0.4, 0.5) is 0 Å². The Hall–Kier alpha value is 0.310. The Bertz CT molecular complexity index is 27.5. The third-order valence-electron chi connectivity index (χ3n) is 0.0488. The smallest absolute Gasteiger partial charge is 0.171 e. The van der Waals surface area contributed by atoms with Gasteiger partial charge in [-0.2, -0.15) is 0 Å². The van der Waals surface area contributed by atoms with E-state index in [4.69, 9.17) is 16.2 Å². The van der Waals surface area contributed by atoms with Crippen LogP contribution in [0.25, 0.3) is 0 Å². The van der Waals surface area contributed by atoms with Crippen molar-refractivity contribution in [1.82, 2.24) is 12.3 Å². The van der Waals surface area contributed by atoms with Crippen LogP contribution >= 0.6 is 20.1 Å². The van der Waals surface area contributed by atoms with Crippen LogP contribution in [0.2, 0.25) is 0 Å². The van der Waals surface area contributed by atoms with E-state index in [9.17, 15) is 0 Å². The molecule has 0 aliphatic heterocycles. The lowest BCUT2D eigenvalue weighted by molar-refractivity contribution is 0.601. The molecule has 0 rings (SSSR count). The molecule has 0 heterocycles. The zero-order valence-corrected chi connectivity index (χ0v) is 4.49. The third kappa shape index (κ3) is 27.5. The van der Waals surface area contributed by atoms with Gasteiger partial charge in [0, 0.05) is 12.3 Å². The Kier molecular flexibility index (Phi) is 50.0. The summed E-state index contributed by atoms with van der Waals surface area (Å²) in [7, 11) is 0.0139. The molecule has 0 aromatic heterocycles. The average molecular weight is 124 g/mol. The molecular formula is CH2ClN2OP. The van der Waals surface area contributed by atoms with E-state index in [2.05, 4.69) is 0 Å². The number of nitrogens with zero attached hydrogens (tertiary/aromatic N) is 2. The van der Waals surface area contributed by atoms with Crippen molar-refractivity contribution in [3.05, 3.63) is 0 Å². The van der Waals surface area contributed by atoms with E-state index in [1.807, 2.05) is 0 Å². The SMILES string of the molecule is O=PCCl.[N].[N]. The maximum Gasteiger partial charge on any atom is 0.171 e. The van der Waals surface area contributed by atoms with Crippen LogP contribution in [0.1, 0.15) is 0 Å². The predicted octanol–water partition coefficient (Wildman–Crippen LogP) is 0.513. The van der Waals surface area contributed by atoms with Crippen molar-refractivity contribution in [2.45, 2.75) is 0 Å². The van der Waals surface area contributed by atoms with E-state index >= 15 is 0 Å². The molecule has 0 spiro atoms. The molecule has 0 N–H and O–H groups in total. The summed E-state index contributed by atoms with van der Waals surface area (Å²) < 4.78 is 9.14. The van der Waals surface area contributed by atoms with Gasteiger partial charge in [-0.15, -0.1) is 11.6 Å². The van der Waals surface area contributed by atoms with Crippen LogP contribution in [0.15, 0.2) is 0 Å². The summed E-state index contributed by atoms with van der Waals surface area (Å²) in [6, 6.07) is 0. The summed E-state index contributed by atoms with van der Waals surface area (Å²) in [4.78, 5) is 0. The van der Waals surface area contributed by atoms with Gasteiger partial charge in [0.1, 0.15) is 5.62 Å². The Morgan fingerprint density at radius 2 is 1.67 bits per heavy atom. The van der Waals surface area contributed by atoms with Crippen molar-refractivity contribution in [3.8, 4) is 0 Å². The number of halogens is 1. The maximum absolute atomic E-state index is 9.14. The Morgan fingerprint density at radius 3 is 1.67 bits per heavy atom. The van der Waals surface area contributed by atoms with Gasteiger partial charge < -0.3 is 0 Å². The first-order valence-electron chi connectivity index (χ1n) is 0.766. The maximum atomic E-state index is 9.14. The summed E-state index contributed by atoms with van der Waals surface area (Å²) >= 11 is 4.86. The molecule has 0 unspecified atom stereocenters. The second kappa shape index (κ2) is 18.5. The van der Waals surface area contributed by atoms with Crippen LogP contribution in [-0.4, -0.2) is 5.62 Å². The second-order valence-corrected chi connectivity index (χ2v) is 1.46. The van der Waals surface area contributed by atoms with Gasteiger partial charge in [-0.25, -0.2) is 0 Å². The lowest BCUT2D eigenvalue weighted by Gasteiger charge is -1.46.